The summed E-state index contributed by atoms with van der Waals surface area (Å²) < 4.78 is 23.4. The van der Waals surface area contributed by atoms with Crippen LogP contribution in [0.5, 0.6) is 0 Å². The van der Waals surface area contributed by atoms with Crippen LogP contribution in [0.2, 0.25) is 0 Å². The number of methoxy groups -OCH3 is 3. The largest absolute Gasteiger partial charge is 0.438 e. The summed E-state index contributed by atoms with van der Waals surface area (Å²) in [7, 11) is 4.87. The van der Waals surface area contributed by atoms with Crippen LogP contribution < -0.4 is 0 Å². The van der Waals surface area contributed by atoms with Gasteiger partial charge in [-0.25, -0.2) is 0 Å². The minimum absolute atomic E-state index is 0. The van der Waals surface area contributed by atoms with Crippen LogP contribution in [0, 0.1) is 11.8 Å². The van der Waals surface area contributed by atoms with E-state index in [0.717, 1.165) is 52.1 Å². The lowest BCUT2D eigenvalue weighted by Gasteiger charge is -2.01. The number of ketones is 1. The minimum Gasteiger partial charge on any atom is -0.438 e. The topological polar surface area (TPSA) is 80.3 Å². The zero-order chi connectivity index (χ0) is 27.7. The molecule has 0 bridgehead atoms. The summed E-state index contributed by atoms with van der Waals surface area (Å²) in [6, 6.07) is 0. The van der Waals surface area contributed by atoms with Gasteiger partial charge in [-0.1, -0.05) is 135 Å². The van der Waals surface area contributed by atoms with Gasteiger partial charge in [0.25, 0.3) is 0 Å². The van der Waals surface area contributed by atoms with Crippen LogP contribution in [0.1, 0.15) is 175 Å². The van der Waals surface area contributed by atoms with E-state index in [1.165, 1.54) is 20.0 Å². The molecule has 0 heterocycles. The molecule has 0 amide bonds. The van der Waals surface area contributed by atoms with Crippen LogP contribution in [0.4, 0.5) is 0 Å². The molecule has 0 aromatic rings. The Hall–Kier alpha value is -1.28. The standard InChI is InChI=1S/C8H14O.C6H14O.C5H10O3.C5H10O.C4H10O.11CH4/c1-3-7-5-4-6(2)8(7)9;1-3-5-6-7-4-2;1-3-5(6)8-4-7-2;1-3-4-5-6-2;1-3-4-5-2;;;;;;;;;;;/h6-7H,3-5H2,1-2H3;3-6H2,1-2H3;3-4H2,1-2H3;3-4H,5H2,1-2H3;3-4H2,1-2H3;11*1H4/b;;;4-3+;;;;;;;;;;;;. The zero-order valence-corrected chi connectivity index (χ0v) is 24.7. The van der Waals surface area contributed by atoms with Gasteiger partial charge in [-0.05, 0) is 46.0 Å². The SMILES string of the molecule is C.C.C.C.C.C.C.C.C.C.C.C/C=C/COC.CCC(=O)OCOC.CCC1CCC(C)C1=O.CCCCOCC.CCCOC. The second-order valence-corrected chi connectivity index (χ2v) is 7.83. The molecule has 0 aromatic carbocycles. The molecule has 0 radical (unpaired) electrons. The van der Waals surface area contributed by atoms with Crippen molar-refractivity contribution in [2.75, 3.05) is 54.5 Å². The van der Waals surface area contributed by atoms with Gasteiger partial charge in [-0.15, -0.1) is 0 Å². The predicted octanol–water partition coefficient (Wildman–Crippen LogP) is 13.6. The van der Waals surface area contributed by atoms with Gasteiger partial charge in [-0.3, -0.25) is 9.59 Å². The van der Waals surface area contributed by atoms with E-state index in [0.29, 0.717) is 24.0 Å². The van der Waals surface area contributed by atoms with Crippen molar-refractivity contribution in [2.24, 2.45) is 11.8 Å². The molecule has 7 nitrogen and oxygen atoms in total. The Bertz CT molecular complexity index is 436. The first-order valence-electron chi connectivity index (χ1n) is 13.2. The van der Waals surface area contributed by atoms with E-state index in [-0.39, 0.29) is 94.5 Å². The molecule has 0 N–H and O–H groups in total. The molecule has 0 spiro atoms. The van der Waals surface area contributed by atoms with Gasteiger partial charge in [0, 0.05) is 59.4 Å². The number of esters is 1. The van der Waals surface area contributed by atoms with Gasteiger partial charge in [0.05, 0.1) is 6.61 Å². The summed E-state index contributed by atoms with van der Waals surface area (Å²) in [6.07, 6.45) is 11.2. The molecular weight excluding hydrogens is 580 g/mol. The van der Waals surface area contributed by atoms with Crippen molar-refractivity contribution in [3.63, 3.8) is 0 Å². The third kappa shape index (κ3) is 90.1. The van der Waals surface area contributed by atoms with Crippen molar-refractivity contribution in [2.45, 2.75) is 175 Å². The average molecular weight is 683 g/mol. The molecule has 0 aromatic heterocycles. The molecule has 46 heavy (non-hydrogen) atoms. The quantitative estimate of drug-likeness (QED) is 0.0877. The average Bonchev–Trinajstić information content (AvgIpc) is 3.20. The Morgan fingerprint density at radius 3 is 1.43 bits per heavy atom. The predicted molar refractivity (Wildman–Crippen MR) is 220 cm³/mol. The fourth-order valence-electron chi connectivity index (χ4n) is 2.56. The van der Waals surface area contributed by atoms with Crippen molar-refractivity contribution in [3.05, 3.63) is 12.2 Å². The molecule has 7 heteroatoms. The summed E-state index contributed by atoms with van der Waals surface area (Å²) >= 11 is 0. The van der Waals surface area contributed by atoms with E-state index in [1.807, 2.05) is 32.9 Å². The van der Waals surface area contributed by atoms with Gasteiger partial charge >= 0.3 is 5.97 Å². The maximum Gasteiger partial charge on any atom is 0.307 e. The summed E-state index contributed by atoms with van der Waals surface area (Å²) in [5.41, 5.74) is 0. The van der Waals surface area contributed by atoms with Gasteiger partial charge < -0.3 is 23.7 Å². The van der Waals surface area contributed by atoms with E-state index in [4.69, 9.17) is 14.2 Å². The fraction of sp³-hybridized carbons (Fsp3) is 0.897. The first-order chi connectivity index (χ1) is 16.8. The van der Waals surface area contributed by atoms with Crippen LogP contribution >= 0.6 is 0 Å². The molecular formula is C39H102O7. The lowest BCUT2D eigenvalue weighted by Crippen LogP contribution is -2.09. The Labute approximate surface area is 298 Å². The number of rotatable bonds is 12. The number of carbonyl (C=O) groups is 2. The van der Waals surface area contributed by atoms with Crippen LogP contribution in [0.15, 0.2) is 12.2 Å². The van der Waals surface area contributed by atoms with Crippen molar-refractivity contribution in [3.8, 4) is 0 Å². The van der Waals surface area contributed by atoms with E-state index >= 15 is 0 Å². The first-order valence-corrected chi connectivity index (χ1v) is 13.2. The summed E-state index contributed by atoms with van der Waals surface area (Å²) in [5, 5.41) is 0. The number of Topliss-reactive ketones (excluding diaryl/α,β-unsaturated/α-hetero) is 1. The number of carbonyl (C=O) groups excluding carboxylic acids is 2. The molecule has 1 aliphatic rings. The molecule has 0 aliphatic heterocycles. The number of hydrogen-bond acceptors (Lipinski definition) is 7. The highest BCUT2D eigenvalue weighted by Crippen LogP contribution is 2.28. The highest BCUT2D eigenvalue weighted by Gasteiger charge is 2.28. The van der Waals surface area contributed by atoms with Crippen molar-refractivity contribution < 1.29 is 33.3 Å². The zero-order valence-electron chi connectivity index (χ0n) is 24.7. The Morgan fingerprint density at radius 2 is 1.24 bits per heavy atom. The Kier molecular flexibility index (Phi) is 190. The third-order valence-corrected chi connectivity index (χ3v) is 4.71. The number of allylic oxidation sites excluding steroid dienone is 1. The highest BCUT2D eigenvalue weighted by atomic mass is 16.7. The lowest BCUT2D eigenvalue weighted by molar-refractivity contribution is -0.153. The Balaban J connectivity index is -0.0000000192. The monoisotopic (exact) mass is 683 g/mol. The van der Waals surface area contributed by atoms with Crippen molar-refractivity contribution in [1.29, 1.82) is 0 Å². The van der Waals surface area contributed by atoms with Crippen LogP contribution in [0.3, 0.4) is 0 Å². The van der Waals surface area contributed by atoms with Gasteiger partial charge in [0.1, 0.15) is 5.78 Å². The summed E-state index contributed by atoms with van der Waals surface area (Å²) in [4.78, 5) is 21.4. The summed E-state index contributed by atoms with van der Waals surface area (Å²) in [5.74, 6) is 1.03. The smallest absolute Gasteiger partial charge is 0.307 e. The molecule has 0 saturated heterocycles. The highest BCUT2D eigenvalue weighted by molar-refractivity contribution is 5.84. The minimum atomic E-state index is -0.230. The normalized spacial score (nSPS) is 12.2. The first kappa shape index (κ1) is 96.8. The van der Waals surface area contributed by atoms with Crippen LogP contribution in [0.25, 0.3) is 0 Å². The number of hydrogen-bond donors (Lipinski definition) is 0. The summed E-state index contributed by atoms with van der Waals surface area (Å²) in [6.45, 7) is 17.6. The number of unbranched alkanes of at least 4 members (excludes halogenated alkanes) is 1. The molecule has 2 unspecified atom stereocenters. The van der Waals surface area contributed by atoms with Crippen LogP contribution in [-0.2, 0) is 33.3 Å². The van der Waals surface area contributed by atoms with Crippen molar-refractivity contribution >= 4 is 11.8 Å². The van der Waals surface area contributed by atoms with Crippen molar-refractivity contribution in [1.82, 2.24) is 0 Å². The van der Waals surface area contributed by atoms with Gasteiger partial charge in [0.15, 0.2) is 6.79 Å². The van der Waals surface area contributed by atoms with E-state index in [2.05, 4.69) is 30.2 Å². The maximum atomic E-state index is 11.1. The van der Waals surface area contributed by atoms with E-state index < -0.39 is 0 Å². The number of ether oxygens (including phenoxy) is 5. The second kappa shape index (κ2) is 90.3. The van der Waals surface area contributed by atoms with E-state index in [9.17, 15) is 9.59 Å². The second-order valence-electron chi connectivity index (χ2n) is 7.83. The maximum absolute atomic E-state index is 11.1. The molecule has 1 fully saturated rings. The van der Waals surface area contributed by atoms with Gasteiger partial charge in [0.2, 0.25) is 0 Å². The third-order valence-electron chi connectivity index (χ3n) is 4.71. The Morgan fingerprint density at radius 1 is 0.739 bits per heavy atom. The molecule has 1 saturated carbocycles. The fourth-order valence-corrected chi connectivity index (χ4v) is 2.56. The lowest BCUT2D eigenvalue weighted by atomic mass is 10.0. The van der Waals surface area contributed by atoms with E-state index in [1.54, 1.807) is 21.1 Å². The molecule has 1 aliphatic carbocycles. The van der Waals surface area contributed by atoms with Gasteiger partial charge in [-0.2, -0.15) is 0 Å². The molecule has 300 valence electrons. The molecule has 2 atom stereocenters. The molecule has 1 rings (SSSR count). The van der Waals surface area contributed by atoms with Crippen LogP contribution in [-0.4, -0.2) is 66.3 Å².